The maximum absolute atomic E-state index is 12.2. The Kier molecular flexibility index (Phi) is 34.0. The number of unbranched alkanes of at least 4 members (excludes halogenated alkanes) is 4. The van der Waals surface area contributed by atoms with E-state index < -0.39 is 57.6 Å². The lowest BCUT2D eigenvalue weighted by atomic mass is 10.1. The van der Waals surface area contributed by atoms with Crippen LogP contribution in [0.25, 0.3) is 0 Å². The molecule has 0 rings (SSSR count). The van der Waals surface area contributed by atoms with Gasteiger partial charge in [0.2, 0.25) is 5.91 Å². The van der Waals surface area contributed by atoms with Crippen molar-refractivity contribution in [3.63, 3.8) is 0 Å². The predicted octanol–water partition coefficient (Wildman–Crippen LogP) is 9.32. The highest BCUT2D eigenvalue weighted by Crippen LogP contribution is 2.43. The molecule has 0 saturated carbocycles. The van der Waals surface area contributed by atoms with Crippen LogP contribution in [0.4, 0.5) is 0 Å². The van der Waals surface area contributed by atoms with E-state index in [9.17, 15) is 34.1 Å². The Hall–Kier alpha value is -3.60. The van der Waals surface area contributed by atoms with Gasteiger partial charge in [-0.05, 0) is 89.9 Å². The van der Waals surface area contributed by atoms with Gasteiger partial charge in [-0.25, -0.2) is 9.36 Å². The minimum Gasteiger partial charge on any atom is -0.480 e. The van der Waals surface area contributed by atoms with E-state index in [1.807, 2.05) is 6.08 Å². The molecule has 0 aromatic heterocycles. The molecule has 0 aromatic rings. The van der Waals surface area contributed by atoms with E-state index in [1.54, 1.807) is 0 Å². The van der Waals surface area contributed by atoms with Gasteiger partial charge in [0.05, 0.1) is 13.2 Å². The van der Waals surface area contributed by atoms with Crippen LogP contribution in [0.15, 0.2) is 97.2 Å². The molecule has 304 valence electrons. The highest BCUT2D eigenvalue weighted by atomic mass is 31.2. The van der Waals surface area contributed by atoms with Gasteiger partial charge in [-0.3, -0.25) is 18.6 Å². The SMILES string of the molecule is CC/C=C\C/C=C\C/C=C\C/C=C\CCCCC(=O)NC(COP(=O)(O)OCC(O)COC(=O)CCCC/C=C\C/C=C\C/C=C\C/C=C\CC)C(=O)O. The molecular formula is C42H66NO10P. The first kappa shape index (κ1) is 50.4. The quantitative estimate of drug-likeness (QED) is 0.0214. The largest absolute Gasteiger partial charge is 0.480 e. The van der Waals surface area contributed by atoms with Crippen LogP contribution in [0.3, 0.4) is 0 Å². The maximum atomic E-state index is 12.2. The van der Waals surface area contributed by atoms with Gasteiger partial charge < -0.3 is 25.2 Å². The molecule has 54 heavy (non-hydrogen) atoms. The number of phosphoric acid groups is 1. The number of aliphatic hydroxyl groups excluding tert-OH is 1. The summed E-state index contributed by atoms with van der Waals surface area (Å²) in [5, 5.41) is 21.7. The second-order valence-electron chi connectivity index (χ2n) is 12.3. The molecular weight excluding hydrogens is 709 g/mol. The Morgan fingerprint density at radius 1 is 0.593 bits per heavy atom. The third-order valence-corrected chi connectivity index (χ3v) is 8.32. The van der Waals surface area contributed by atoms with Crippen molar-refractivity contribution in [2.45, 2.75) is 129 Å². The summed E-state index contributed by atoms with van der Waals surface area (Å²) >= 11 is 0. The smallest absolute Gasteiger partial charge is 0.472 e. The van der Waals surface area contributed by atoms with Crippen LogP contribution < -0.4 is 5.32 Å². The number of allylic oxidation sites excluding steroid dienone is 16. The standard InChI is InChI=1S/C42H66NO10P/c1-3-5-7-9-11-13-15-17-19-21-23-25-27-29-31-33-40(45)43-39(42(47)48)37-53-54(49,50)52-36-38(44)35-51-41(46)34-32-30-28-26-24-22-20-18-16-14-12-10-8-6-4-2/h5-8,11-14,17-20,23-26,38-39,44H,3-4,9-10,15-16,21-22,27-37H2,1-2H3,(H,43,45)(H,47,48)(H,49,50)/b7-5-,8-6-,13-11-,14-12-,19-17-,20-18-,25-23-,26-24-. The fourth-order valence-electron chi connectivity index (χ4n) is 4.41. The summed E-state index contributed by atoms with van der Waals surface area (Å²) in [4.78, 5) is 45.7. The Labute approximate surface area is 323 Å². The van der Waals surface area contributed by atoms with Crippen molar-refractivity contribution in [1.29, 1.82) is 0 Å². The number of aliphatic carboxylic acids is 1. The first-order valence-electron chi connectivity index (χ1n) is 19.3. The first-order chi connectivity index (χ1) is 26.1. The normalized spacial score (nSPS) is 14.9. The summed E-state index contributed by atoms with van der Waals surface area (Å²) in [6.45, 7) is 2.24. The number of carbonyl (C=O) groups excluding carboxylic acids is 2. The van der Waals surface area contributed by atoms with Gasteiger partial charge in [0.1, 0.15) is 12.7 Å². The van der Waals surface area contributed by atoms with Crippen molar-refractivity contribution in [3.8, 4) is 0 Å². The number of esters is 1. The Balaban J connectivity index is 4.10. The van der Waals surface area contributed by atoms with Gasteiger partial charge in [0, 0.05) is 12.8 Å². The van der Waals surface area contributed by atoms with Crippen LogP contribution in [0.2, 0.25) is 0 Å². The van der Waals surface area contributed by atoms with Crippen molar-refractivity contribution in [3.05, 3.63) is 97.2 Å². The number of amides is 1. The van der Waals surface area contributed by atoms with Crippen molar-refractivity contribution in [1.82, 2.24) is 5.32 Å². The minimum absolute atomic E-state index is 0.0841. The Morgan fingerprint density at radius 2 is 1.00 bits per heavy atom. The second-order valence-corrected chi connectivity index (χ2v) is 13.8. The summed E-state index contributed by atoms with van der Waals surface area (Å²) < 4.78 is 26.7. The number of rotatable bonds is 34. The van der Waals surface area contributed by atoms with Crippen molar-refractivity contribution < 1.29 is 47.8 Å². The molecule has 4 N–H and O–H groups in total. The predicted molar refractivity (Wildman–Crippen MR) is 217 cm³/mol. The monoisotopic (exact) mass is 775 g/mol. The molecule has 11 nitrogen and oxygen atoms in total. The fraction of sp³-hybridized carbons (Fsp3) is 0.548. The lowest BCUT2D eigenvalue weighted by Crippen LogP contribution is -2.43. The van der Waals surface area contributed by atoms with Crippen LogP contribution in [-0.2, 0) is 32.7 Å². The van der Waals surface area contributed by atoms with Gasteiger partial charge in [-0.15, -0.1) is 0 Å². The van der Waals surface area contributed by atoms with Gasteiger partial charge in [-0.2, -0.15) is 0 Å². The Morgan fingerprint density at radius 3 is 1.44 bits per heavy atom. The molecule has 0 saturated heterocycles. The molecule has 0 radical (unpaired) electrons. The van der Waals surface area contributed by atoms with E-state index in [2.05, 4.69) is 110 Å². The van der Waals surface area contributed by atoms with Gasteiger partial charge in [0.15, 0.2) is 6.04 Å². The van der Waals surface area contributed by atoms with Crippen LogP contribution in [0, 0.1) is 0 Å². The average molecular weight is 776 g/mol. The van der Waals surface area contributed by atoms with E-state index in [0.717, 1.165) is 77.0 Å². The van der Waals surface area contributed by atoms with E-state index in [4.69, 9.17) is 13.8 Å². The number of hydrogen-bond acceptors (Lipinski definition) is 8. The number of carbonyl (C=O) groups is 3. The molecule has 0 aliphatic rings. The van der Waals surface area contributed by atoms with Gasteiger partial charge >= 0.3 is 19.8 Å². The van der Waals surface area contributed by atoms with Crippen LogP contribution >= 0.6 is 7.82 Å². The summed E-state index contributed by atoms with van der Waals surface area (Å²) in [5.74, 6) is -2.50. The molecule has 1 amide bonds. The molecule has 3 unspecified atom stereocenters. The number of carboxylic acids is 1. The molecule has 0 heterocycles. The third-order valence-electron chi connectivity index (χ3n) is 7.37. The summed E-state index contributed by atoms with van der Waals surface area (Å²) in [5.41, 5.74) is 0. The Bertz CT molecular complexity index is 1280. The molecule has 0 spiro atoms. The number of nitrogens with one attached hydrogen (secondary N) is 1. The van der Waals surface area contributed by atoms with Gasteiger partial charge in [-0.1, -0.05) is 111 Å². The molecule has 0 fully saturated rings. The lowest BCUT2D eigenvalue weighted by molar-refractivity contribution is -0.147. The highest BCUT2D eigenvalue weighted by Gasteiger charge is 2.28. The second kappa shape index (κ2) is 36.4. The van der Waals surface area contributed by atoms with E-state index in [0.29, 0.717) is 12.8 Å². The van der Waals surface area contributed by atoms with Crippen LogP contribution in [0.5, 0.6) is 0 Å². The maximum Gasteiger partial charge on any atom is 0.472 e. The third kappa shape index (κ3) is 35.4. The first-order valence-corrected chi connectivity index (χ1v) is 20.8. The molecule has 12 heteroatoms. The van der Waals surface area contributed by atoms with Crippen LogP contribution in [-0.4, -0.2) is 64.9 Å². The zero-order valence-corrected chi connectivity index (χ0v) is 33.4. The number of phosphoric ester groups is 1. The van der Waals surface area contributed by atoms with Gasteiger partial charge in [0.25, 0.3) is 0 Å². The lowest BCUT2D eigenvalue weighted by Gasteiger charge is -2.18. The van der Waals surface area contributed by atoms with E-state index in [1.165, 1.54) is 0 Å². The topological polar surface area (TPSA) is 169 Å². The molecule has 0 aliphatic carbocycles. The number of carboxylic acid groups (broad SMARTS) is 1. The molecule has 0 bridgehead atoms. The number of hydrogen-bond donors (Lipinski definition) is 4. The van der Waals surface area contributed by atoms with Crippen molar-refractivity contribution >= 4 is 25.7 Å². The summed E-state index contributed by atoms with van der Waals surface area (Å²) in [7, 11) is -4.78. The molecule has 3 atom stereocenters. The summed E-state index contributed by atoms with van der Waals surface area (Å²) in [6, 6.07) is -1.58. The minimum atomic E-state index is -4.78. The fourth-order valence-corrected chi connectivity index (χ4v) is 5.18. The zero-order valence-electron chi connectivity index (χ0n) is 32.5. The summed E-state index contributed by atoms with van der Waals surface area (Å²) in [6.07, 6.45) is 44.5. The molecule has 0 aliphatic heterocycles. The van der Waals surface area contributed by atoms with Crippen molar-refractivity contribution in [2.75, 3.05) is 19.8 Å². The van der Waals surface area contributed by atoms with Crippen LogP contribution in [0.1, 0.15) is 117 Å². The molecule has 0 aromatic carbocycles. The zero-order chi connectivity index (χ0) is 40.0. The average Bonchev–Trinajstić information content (AvgIpc) is 3.14. The number of ether oxygens (including phenoxy) is 1. The highest BCUT2D eigenvalue weighted by molar-refractivity contribution is 7.47. The van der Waals surface area contributed by atoms with Crippen molar-refractivity contribution in [2.24, 2.45) is 0 Å². The number of aliphatic hydroxyl groups is 1. The van der Waals surface area contributed by atoms with E-state index >= 15 is 0 Å². The van der Waals surface area contributed by atoms with E-state index in [-0.39, 0.29) is 12.8 Å².